The Balaban J connectivity index is 0.00000306. The van der Waals surface area contributed by atoms with E-state index in [0.717, 1.165) is 47.9 Å². The van der Waals surface area contributed by atoms with Gasteiger partial charge in [-0.1, -0.05) is 62.0 Å². The second-order valence-electron chi connectivity index (χ2n) is 10.0. The van der Waals surface area contributed by atoms with Crippen molar-refractivity contribution in [2.45, 2.75) is 78.0 Å². The first-order chi connectivity index (χ1) is 15.3. The van der Waals surface area contributed by atoms with Gasteiger partial charge in [-0.3, -0.25) is 9.59 Å². The lowest BCUT2D eigenvalue weighted by Gasteiger charge is -2.32. The summed E-state index contributed by atoms with van der Waals surface area (Å²) in [4.78, 5) is 25.4. The molecule has 2 aliphatic carbocycles. The van der Waals surface area contributed by atoms with Crippen LogP contribution in [0.4, 0.5) is 0 Å². The van der Waals surface area contributed by atoms with E-state index in [1.165, 1.54) is 0 Å². The zero-order valence-corrected chi connectivity index (χ0v) is 19.3. The van der Waals surface area contributed by atoms with E-state index < -0.39 is 5.60 Å². The standard InChI is InChI=1S/C28H33NO3.CH4/c1-28(2,3)32-25(30)18-20-13-15-21(16-14-20)29-26-22-11-7-8-12-23(22)27(31)24(26)17-19-9-5-4-6-10-19;/h4-12,17,20-21,26,29H,13-16,18H2,1-3H3;1H4/b24-17+;. The van der Waals surface area contributed by atoms with E-state index in [9.17, 15) is 9.59 Å². The number of nitrogens with one attached hydrogen (secondary N) is 1. The Labute approximate surface area is 198 Å². The summed E-state index contributed by atoms with van der Waals surface area (Å²) in [6.07, 6.45) is 6.51. The van der Waals surface area contributed by atoms with Crippen LogP contribution >= 0.6 is 0 Å². The van der Waals surface area contributed by atoms with Gasteiger partial charge in [0.2, 0.25) is 0 Å². The minimum Gasteiger partial charge on any atom is -0.460 e. The Morgan fingerprint density at radius 2 is 1.64 bits per heavy atom. The summed E-state index contributed by atoms with van der Waals surface area (Å²) < 4.78 is 5.50. The van der Waals surface area contributed by atoms with Crippen LogP contribution in [0.2, 0.25) is 0 Å². The van der Waals surface area contributed by atoms with Gasteiger partial charge in [0, 0.05) is 23.6 Å². The third kappa shape index (κ3) is 6.20. The van der Waals surface area contributed by atoms with E-state index in [2.05, 4.69) is 11.4 Å². The molecule has 0 radical (unpaired) electrons. The van der Waals surface area contributed by atoms with Gasteiger partial charge < -0.3 is 10.1 Å². The predicted molar refractivity (Wildman–Crippen MR) is 134 cm³/mol. The zero-order chi connectivity index (χ0) is 22.7. The maximum Gasteiger partial charge on any atom is 0.306 e. The fourth-order valence-electron chi connectivity index (χ4n) is 4.85. The quantitative estimate of drug-likeness (QED) is 0.418. The van der Waals surface area contributed by atoms with Crippen LogP contribution in [-0.4, -0.2) is 23.4 Å². The van der Waals surface area contributed by atoms with E-state index in [-0.39, 0.29) is 25.2 Å². The van der Waals surface area contributed by atoms with Gasteiger partial charge in [-0.25, -0.2) is 0 Å². The highest BCUT2D eigenvalue weighted by Gasteiger charge is 2.36. The molecular weight excluding hydrogens is 410 g/mol. The Hall–Kier alpha value is -2.72. The first-order valence-electron chi connectivity index (χ1n) is 11.7. The van der Waals surface area contributed by atoms with Crippen molar-refractivity contribution in [3.8, 4) is 0 Å². The number of hydrogen-bond acceptors (Lipinski definition) is 4. The summed E-state index contributed by atoms with van der Waals surface area (Å²) in [5.74, 6) is 0.387. The molecule has 0 spiro atoms. The number of ether oxygens (including phenoxy) is 1. The molecule has 176 valence electrons. The summed E-state index contributed by atoms with van der Waals surface area (Å²) in [7, 11) is 0. The molecule has 0 aromatic heterocycles. The van der Waals surface area contributed by atoms with Crippen LogP contribution in [0.5, 0.6) is 0 Å². The van der Waals surface area contributed by atoms with E-state index in [4.69, 9.17) is 4.74 Å². The summed E-state index contributed by atoms with van der Waals surface area (Å²) >= 11 is 0. The predicted octanol–water partition coefficient (Wildman–Crippen LogP) is 6.52. The van der Waals surface area contributed by atoms with Crippen LogP contribution in [0.3, 0.4) is 0 Å². The summed E-state index contributed by atoms with van der Waals surface area (Å²) in [6, 6.07) is 18.2. The van der Waals surface area contributed by atoms with Crippen molar-refractivity contribution in [1.29, 1.82) is 0 Å². The number of ketones is 1. The Kier molecular flexibility index (Phi) is 7.91. The van der Waals surface area contributed by atoms with Crippen molar-refractivity contribution < 1.29 is 14.3 Å². The molecule has 1 N–H and O–H groups in total. The molecule has 1 atom stereocenters. The van der Waals surface area contributed by atoms with Gasteiger partial charge in [0.1, 0.15) is 5.60 Å². The number of benzene rings is 2. The van der Waals surface area contributed by atoms with Crippen LogP contribution in [0, 0.1) is 5.92 Å². The van der Waals surface area contributed by atoms with Crippen LogP contribution in [0.15, 0.2) is 60.2 Å². The number of fused-ring (bicyclic) bond motifs is 1. The molecular formula is C29H37NO3. The van der Waals surface area contributed by atoms with Crippen molar-refractivity contribution in [3.05, 3.63) is 76.9 Å². The summed E-state index contributed by atoms with van der Waals surface area (Å²) in [5, 5.41) is 3.78. The Morgan fingerprint density at radius 3 is 2.30 bits per heavy atom. The van der Waals surface area contributed by atoms with Crippen LogP contribution in [0.1, 0.15) is 87.8 Å². The van der Waals surface area contributed by atoms with Gasteiger partial charge in [-0.15, -0.1) is 0 Å². The van der Waals surface area contributed by atoms with E-state index >= 15 is 0 Å². The third-order valence-corrected chi connectivity index (χ3v) is 6.34. The average molecular weight is 448 g/mol. The number of carbonyl (C=O) groups excluding carboxylic acids is 2. The van der Waals surface area contributed by atoms with E-state index in [1.807, 2.05) is 75.4 Å². The second kappa shape index (κ2) is 10.5. The van der Waals surface area contributed by atoms with Gasteiger partial charge in [0.05, 0.1) is 6.04 Å². The van der Waals surface area contributed by atoms with Gasteiger partial charge >= 0.3 is 5.97 Å². The molecule has 1 fully saturated rings. The smallest absolute Gasteiger partial charge is 0.306 e. The highest BCUT2D eigenvalue weighted by molar-refractivity contribution is 6.16. The normalized spacial score (nSPS) is 23.7. The largest absolute Gasteiger partial charge is 0.460 e. The molecule has 0 aliphatic heterocycles. The fourth-order valence-corrected chi connectivity index (χ4v) is 4.85. The topological polar surface area (TPSA) is 55.4 Å². The SMILES string of the molecule is C.CC(C)(C)OC(=O)CC1CCC(NC2/C(=C\c3ccccc3)C(=O)c3ccccc32)CC1. The Morgan fingerprint density at radius 1 is 1.00 bits per heavy atom. The monoisotopic (exact) mass is 447 g/mol. The van der Waals surface area contributed by atoms with Gasteiger partial charge in [0.25, 0.3) is 0 Å². The number of rotatable bonds is 5. The first kappa shape index (κ1) is 24.9. The van der Waals surface area contributed by atoms with Crippen LogP contribution in [0.25, 0.3) is 6.08 Å². The lowest BCUT2D eigenvalue weighted by Crippen LogP contribution is -2.36. The van der Waals surface area contributed by atoms with E-state index in [1.54, 1.807) is 0 Å². The van der Waals surface area contributed by atoms with Crippen molar-refractivity contribution in [1.82, 2.24) is 5.32 Å². The van der Waals surface area contributed by atoms with Gasteiger partial charge in [-0.05, 0) is 69.6 Å². The van der Waals surface area contributed by atoms with Crippen LogP contribution in [-0.2, 0) is 9.53 Å². The summed E-state index contributed by atoms with van der Waals surface area (Å²) in [5.41, 5.74) is 3.28. The maximum absolute atomic E-state index is 13.2. The lowest BCUT2D eigenvalue weighted by molar-refractivity contribution is -0.156. The molecule has 2 aromatic rings. The molecule has 33 heavy (non-hydrogen) atoms. The van der Waals surface area contributed by atoms with E-state index in [0.29, 0.717) is 18.4 Å². The maximum atomic E-state index is 13.2. The molecule has 4 rings (SSSR count). The van der Waals surface area contributed by atoms with Crippen molar-refractivity contribution >= 4 is 17.8 Å². The molecule has 4 heteroatoms. The minimum atomic E-state index is -0.431. The first-order valence-corrected chi connectivity index (χ1v) is 11.7. The van der Waals surface area contributed by atoms with Crippen molar-refractivity contribution in [2.75, 3.05) is 0 Å². The summed E-state index contributed by atoms with van der Waals surface area (Å²) in [6.45, 7) is 5.73. The highest BCUT2D eigenvalue weighted by atomic mass is 16.6. The second-order valence-corrected chi connectivity index (χ2v) is 10.0. The molecule has 4 nitrogen and oxygen atoms in total. The van der Waals surface area contributed by atoms with Gasteiger partial charge in [0.15, 0.2) is 5.78 Å². The molecule has 2 aromatic carbocycles. The molecule has 0 saturated heterocycles. The average Bonchev–Trinajstić information content (AvgIpc) is 3.01. The zero-order valence-electron chi connectivity index (χ0n) is 19.3. The molecule has 1 saturated carbocycles. The molecule has 0 amide bonds. The lowest BCUT2D eigenvalue weighted by atomic mass is 9.83. The number of esters is 1. The highest BCUT2D eigenvalue weighted by Crippen LogP contribution is 2.38. The van der Waals surface area contributed by atoms with Crippen molar-refractivity contribution in [3.63, 3.8) is 0 Å². The van der Waals surface area contributed by atoms with Crippen molar-refractivity contribution in [2.24, 2.45) is 5.92 Å². The third-order valence-electron chi connectivity index (χ3n) is 6.34. The Bertz CT molecular complexity index is 995. The molecule has 1 unspecified atom stereocenters. The number of carbonyl (C=O) groups is 2. The minimum absolute atomic E-state index is 0. The molecule has 2 aliphatic rings. The fraction of sp³-hybridized carbons (Fsp3) is 0.448. The number of Topliss-reactive ketones (excluding diaryl/α,β-unsaturated/α-hetero) is 1. The molecule has 0 bridgehead atoms. The van der Waals surface area contributed by atoms with Gasteiger partial charge in [-0.2, -0.15) is 0 Å². The number of hydrogen-bond donors (Lipinski definition) is 1. The van der Waals surface area contributed by atoms with Crippen LogP contribution < -0.4 is 5.32 Å². The molecule has 0 heterocycles.